The molecule has 0 aromatic heterocycles. The molecule has 0 spiro atoms. The van der Waals surface area contributed by atoms with Crippen LogP contribution in [0.4, 0.5) is 0 Å². The van der Waals surface area contributed by atoms with Crippen molar-refractivity contribution in [1.82, 2.24) is 9.80 Å². The molecule has 0 saturated heterocycles. The zero-order valence-corrected chi connectivity index (χ0v) is 11.7. The van der Waals surface area contributed by atoms with Crippen molar-refractivity contribution in [2.75, 3.05) is 27.4 Å². The van der Waals surface area contributed by atoms with Crippen molar-refractivity contribution >= 4 is 5.78 Å². The van der Waals surface area contributed by atoms with Gasteiger partial charge in [-0.05, 0) is 30.2 Å². The number of benzene rings is 1. The third-order valence-corrected chi connectivity index (χ3v) is 3.28. The lowest BCUT2D eigenvalue weighted by Crippen LogP contribution is -2.28. The van der Waals surface area contributed by atoms with Crippen LogP contribution in [0.25, 0.3) is 0 Å². The molecule has 0 unspecified atom stereocenters. The van der Waals surface area contributed by atoms with Crippen LogP contribution in [-0.4, -0.2) is 43.0 Å². The van der Waals surface area contributed by atoms with Gasteiger partial charge in [0.2, 0.25) is 0 Å². The zero-order chi connectivity index (χ0) is 13.8. The molecule has 102 valence electrons. The summed E-state index contributed by atoms with van der Waals surface area (Å²) in [7, 11) is 3.63. The molecule has 0 saturated carbocycles. The Labute approximate surface area is 114 Å². The van der Waals surface area contributed by atoms with Crippen molar-refractivity contribution in [2.24, 2.45) is 0 Å². The van der Waals surface area contributed by atoms with Crippen LogP contribution >= 0.6 is 0 Å². The van der Waals surface area contributed by atoms with E-state index in [-0.39, 0.29) is 5.78 Å². The molecule has 0 atom stereocenters. The van der Waals surface area contributed by atoms with Gasteiger partial charge in [-0.1, -0.05) is 6.92 Å². The minimum atomic E-state index is 0.152. The fourth-order valence-corrected chi connectivity index (χ4v) is 2.22. The van der Waals surface area contributed by atoms with E-state index in [1.807, 2.05) is 47.4 Å². The third kappa shape index (κ3) is 3.08. The lowest BCUT2D eigenvalue weighted by molar-refractivity contribution is 0.0947. The Morgan fingerprint density at radius 1 is 1.37 bits per heavy atom. The molecule has 0 fully saturated rings. The molecule has 1 aliphatic heterocycles. The molecule has 2 rings (SSSR count). The SMILES string of the molecule is CCc1cc(OC)ccc1C(=O)CN1C=CN(C)C1. The van der Waals surface area contributed by atoms with Gasteiger partial charge in [0.1, 0.15) is 5.75 Å². The monoisotopic (exact) mass is 260 g/mol. The summed E-state index contributed by atoms with van der Waals surface area (Å²) in [4.78, 5) is 16.4. The van der Waals surface area contributed by atoms with Gasteiger partial charge in [0.15, 0.2) is 5.78 Å². The maximum absolute atomic E-state index is 12.4. The van der Waals surface area contributed by atoms with Gasteiger partial charge in [0.05, 0.1) is 20.3 Å². The molecule has 1 aromatic carbocycles. The van der Waals surface area contributed by atoms with E-state index < -0.39 is 0 Å². The highest BCUT2D eigenvalue weighted by Crippen LogP contribution is 2.19. The molecule has 0 radical (unpaired) electrons. The third-order valence-electron chi connectivity index (χ3n) is 3.28. The average molecular weight is 260 g/mol. The molecule has 1 heterocycles. The quantitative estimate of drug-likeness (QED) is 0.759. The van der Waals surface area contributed by atoms with Crippen molar-refractivity contribution in [3.63, 3.8) is 0 Å². The highest BCUT2D eigenvalue weighted by Gasteiger charge is 2.16. The fourth-order valence-electron chi connectivity index (χ4n) is 2.22. The van der Waals surface area contributed by atoms with E-state index in [2.05, 4.69) is 6.92 Å². The number of hydrogen-bond acceptors (Lipinski definition) is 4. The van der Waals surface area contributed by atoms with E-state index >= 15 is 0 Å². The first-order chi connectivity index (χ1) is 9.13. The summed E-state index contributed by atoms with van der Waals surface area (Å²) in [5, 5.41) is 0. The molecular weight excluding hydrogens is 240 g/mol. The number of Topliss-reactive ketones (excluding diaryl/α,β-unsaturated/α-hetero) is 1. The second-order valence-electron chi connectivity index (χ2n) is 4.74. The lowest BCUT2D eigenvalue weighted by Gasteiger charge is -2.18. The topological polar surface area (TPSA) is 32.8 Å². The van der Waals surface area contributed by atoms with Crippen molar-refractivity contribution in [2.45, 2.75) is 13.3 Å². The Bertz CT molecular complexity index is 497. The van der Waals surface area contributed by atoms with Gasteiger partial charge >= 0.3 is 0 Å². The Morgan fingerprint density at radius 3 is 2.74 bits per heavy atom. The van der Waals surface area contributed by atoms with Crippen LogP contribution in [0.5, 0.6) is 5.75 Å². The maximum atomic E-state index is 12.4. The van der Waals surface area contributed by atoms with Crippen molar-refractivity contribution in [1.29, 1.82) is 0 Å². The second-order valence-corrected chi connectivity index (χ2v) is 4.74. The zero-order valence-electron chi connectivity index (χ0n) is 11.7. The van der Waals surface area contributed by atoms with E-state index in [9.17, 15) is 4.79 Å². The summed E-state index contributed by atoms with van der Waals surface area (Å²) < 4.78 is 5.20. The van der Waals surface area contributed by atoms with Gasteiger partial charge in [-0.25, -0.2) is 0 Å². The maximum Gasteiger partial charge on any atom is 0.182 e. The van der Waals surface area contributed by atoms with Crippen LogP contribution in [0.3, 0.4) is 0 Å². The summed E-state index contributed by atoms with van der Waals surface area (Å²) in [5.74, 6) is 0.952. The standard InChI is InChI=1S/C15H20N2O2/c1-4-12-9-13(19-3)5-6-14(12)15(18)10-17-8-7-16(2)11-17/h5-9H,4,10-11H2,1-3H3. The molecule has 0 N–H and O–H groups in total. The van der Waals surface area contributed by atoms with Crippen molar-refractivity contribution in [3.05, 3.63) is 41.7 Å². The highest BCUT2D eigenvalue weighted by molar-refractivity contribution is 5.99. The van der Waals surface area contributed by atoms with Gasteiger partial charge in [-0.3, -0.25) is 4.79 Å². The van der Waals surface area contributed by atoms with E-state index in [4.69, 9.17) is 4.74 Å². The van der Waals surface area contributed by atoms with Crippen LogP contribution in [-0.2, 0) is 6.42 Å². The van der Waals surface area contributed by atoms with Crippen molar-refractivity contribution < 1.29 is 9.53 Å². The summed E-state index contributed by atoms with van der Waals surface area (Å²) in [5.41, 5.74) is 1.84. The molecule has 1 aromatic rings. The van der Waals surface area contributed by atoms with Crippen LogP contribution in [0, 0.1) is 0 Å². The number of carbonyl (C=O) groups excluding carboxylic acids is 1. The van der Waals surface area contributed by atoms with Gasteiger partial charge < -0.3 is 14.5 Å². The first-order valence-electron chi connectivity index (χ1n) is 6.46. The molecule has 4 nitrogen and oxygen atoms in total. The number of ether oxygens (including phenoxy) is 1. The molecule has 19 heavy (non-hydrogen) atoms. The normalized spacial score (nSPS) is 14.1. The van der Waals surface area contributed by atoms with Crippen molar-refractivity contribution in [3.8, 4) is 5.75 Å². The molecule has 4 heteroatoms. The van der Waals surface area contributed by atoms with E-state index in [0.29, 0.717) is 6.54 Å². The molecule has 1 aliphatic rings. The number of ketones is 1. The van der Waals surface area contributed by atoms with E-state index in [0.717, 1.165) is 30.0 Å². The minimum Gasteiger partial charge on any atom is -0.497 e. The molecule has 0 aliphatic carbocycles. The fraction of sp³-hybridized carbons (Fsp3) is 0.400. The smallest absolute Gasteiger partial charge is 0.182 e. The predicted molar refractivity (Wildman–Crippen MR) is 75.2 cm³/mol. The summed E-state index contributed by atoms with van der Waals surface area (Å²) in [6, 6.07) is 5.65. The Balaban J connectivity index is 2.12. The van der Waals surface area contributed by atoms with Gasteiger partial charge in [-0.15, -0.1) is 0 Å². The number of nitrogens with zero attached hydrogens (tertiary/aromatic N) is 2. The number of rotatable bonds is 5. The molecule has 0 amide bonds. The van der Waals surface area contributed by atoms with Gasteiger partial charge in [0.25, 0.3) is 0 Å². The minimum absolute atomic E-state index is 0.152. The summed E-state index contributed by atoms with van der Waals surface area (Å²) in [6.07, 6.45) is 4.75. The number of methoxy groups -OCH3 is 1. The number of carbonyl (C=O) groups is 1. The Hall–Kier alpha value is -1.97. The van der Waals surface area contributed by atoms with Crippen LogP contribution in [0.1, 0.15) is 22.8 Å². The highest BCUT2D eigenvalue weighted by atomic mass is 16.5. The Morgan fingerprint density at radius 2 is 2.16 bits per heavy atom. The Kier molecular flexibility index (Phi) is 4.10. The van der Waals surface area contributed by atoms with Gasteiger partial charge in [0, 0.05) is 25.0 Å². The predicted octanol–water partition coefficient (Wildman–Crippen LogP) is 2.12. The number of aryl methyl sites for hydroxylation is 1. The first kappa shape index (κ1) is 13.5. The summed E-state index contributed by atoms with van der Waals surface area (Å²) >= 11 is 0. The summed E-state index contributed by atoms with van der Waals surface area (Å²) in [6.45, 7) is 3.23. The average Bonchev–Trinajstić information content (AvgIpc) is 2.83. The first-order valence-corrected chi connectivity index (χ1v) is 6.46. The molecular formula is C15H20N2O2. The number of hydrogen-bond donors (Lipinski definition) is 0. The largest absolute Gasteiger partial charge is 0.497 e. The lowest BCUT2D eigenvalue weighted by atomic mass is 10.0. The van der Waals surface area contributed by atoms with Crippen LogP contribution < -0.4 is 4.74 Å². The van der Waals surface area contributed by atoms with E-state index in [1.165, 1.54) is 0 Å². The van der Waals surface area contributed by atoms with Crippen LogP contribution in [0.15, 0.2) is 30.6 Å². The van der Waals surface area contributed by atoms with Gasteiger partial charge in [-0.2, -0.15) is 0 Å². The molecule has 0 bridgehead atoms. The van der Waals surface area contributed by atoms with Crippen LogP contribution in [0.2, 0.25) is 0 Å². The van der Waals surface area contributed by atoms with E-state index in [1.54, 1.807) is 7.11 Å². The second kappa shape index (κ2) is 5.78.